The Morgan fingerprint density at radius 3 is 2.40 bits per heavy atom. The van der Waals surface area contributed by atoms with Crippen LogP contribution in [-0.2, 0) is 4.79 Å². The number of pyridine rings is 1. The van der Waals surface area contributed by atoms with Crippen molar-refractivity contribution in [2.24, 2.45) is 17.8 Å². The maximum absolute atomic E-state index is 12.0. The number of ether oxygens (including phenoxy) is 2. The third-order valence-corrected chi connectivity index (χ3v) is 10.8. The van der Waals surface area contributed by atoms with Crippen molar-refractivity contribution >= 4 is 11.9 Å². The van der Waals surface area contributed by atoms with Gasteiger partial charge in [-0.05, 0) is 87.0 Å². The van der Waals surface area contributed by atoms with Gasteiger partial charge in [0.15, 0.2) is 5.82 Å². The van der Waals surface area contributed by atoms with Gasteiger partial charge in [-0.25, -0.2) is 24.9 Å². The highest BCUT2D eigenvalue weighted by Gasteiger charge is 2.41. The third-order valence-electron chi connectivity index (χ3n) is 10.8. The monoisotopic (exact) mass is 612 g/mol. The van der Waals surface area contributed by atoms with Crippen molar-refractivity contribution in [2.75, 3.05) is 39.2 Å². The van der Waals surface area contributed by atoms with Crippen molar-refractivity contribution in [1.29, 1.82) is 0 Å². The van der Waals surface area contributed by atoms with Gasteiger partial charge in [0.2, 0.25) is 23.6 Å². The molecule has 4 aliphatic rings. The molecule has 11 heteroatoms. The number of nitrogens with zero attached hydrogens (tertiary/aromatic N) is 7. The predicted octanol–water partition coefficient (Wildman–Crippen LogP) is 5.37. The second-order valence-corrected chi connectivity index (χ2v) is 13.3. The lowest BCUT2D eigenvalue weighted by molar-refractivity contribution is -0.129. The van der Waals surface area contributed by atoms with Crippen molar-refractivity contribution in [1.82, 2.24) is 34.8 Å². The molecule has 1 amide bonds. The first-order chi connectivity index (χ1) is 22.0. The first-order valence-electron chi connectivity index (χ1n) is 16.6. The number of fused-ring (bicyclic) bond motifs is 2. The predicted molar refractivity (Wildman–Crippen MR) is 169 cm³/mol. The third kappa shape index (κ3) is 6.18. The minimum Gasteiger partial charge on any atom is -0.481 e. The van der Waals surface area contributed by atoms with E-state index in [1.54, 1.807) is 33.8 Å². The van der Waals surface area contributed by atoms with Crippen LogP contribution in [0.5, 0.6) is 11.8 Å². The SMILES string of the molecule is COc1ccc(C2CCN(C(C)=O)CC2)c(C2CCC(CNc3ncnc(-c4c(OC)ncnc4C4CC4)n3)C3CCC2C3)n1. The number of nitrogens with one attached hydrogen (secondary N) is 1. The van der Waals surface area contributed by atoms with Crippen LogP contribution in [0.1, 0.15) is 99.4 Å². The van der Waals surface area contributed by atoms with Crippen molar-refractivity contribution in [3.63, 3.8) is 0 Å². The molecule has 45 heavy (non-hydrogen) atoms. The molecule has 4 heterocycles. The molecule has 0 spiro atoms. The zero-order chi connectivity index (χ0) is 30.9. The van der Waals surface area contributed by atoms with Crippen molar-refractivity contribution in [2.45, 2.75) is 82.5 Å². The number of hydrogen-bond donors (Lipinski definition) is 1. The first kappa shape index (κ1) is 29.8. The molecule has 4 fully saturated rings. The van der Waals surface area contributed by atoms with E-state index < -0.39 is 0 Å². The molecule has 7 rings (SSSR count). The number of rotatable bonds is 9. The van der Waals surface area contributed by atoms with Crippen LogP contribution in [0.3, 0.4) is 0 Å². The largest absolute Gasteiger partial charge is 0.481 e. The molecular formula is C34H44N8O3. The van der Waals surface area contributed by atoms with Crippen LogP contribution in [0.25, 0.3) is 11.4 Å². The quantitative estimate of drug-likeness (QED) is 0.337. The molecule has 4 unspecified atom stereocenters. The van der Waals surface area contributed by atoms with E-state index in [0.717, 1.165) is 69.4 Å². The Morgan fingerprint density at radius 2 is 1.64 bits per heavy atom. The highest BCUT2D eigenvalue weighted by atomic mass is 16.5. The average molecular weight is 613 g/mol. The lowest BCUT2D eigenvalue weighted by Gasteiger charge is -2.34. The number of methoxy groups -OCH3 is 2. The molecule has 1 aliphatic heterocycles. The molecule has 0 radical (unpaired) electrons. The smallest absolute Gasteiger partial charge is 0.227 e. The van der Waals surface area contributed by atoms with Crippen LogP contribution in [0.4, 0.5) is 5.95 Å². The molecular weight excluding hydrogens is 568 g/mol. The van der Waals surface area contributed by atoms with Gasteiger partial charge < -0.3 is 19.7 Å². The standard InChI is InChI=1S/C34H44N8O3/c1-20(43)42-14-12-21(13-15-42)26-10-11-28(44-2)40-31(26)27-9-8-25(23-6-7-24(27)16-23)17-35-34-39-19-37-32(41-34)29-30(22-4-5-22)36-18-38-33(29)45-3/h10-11,18-19,21-25,27H,4-9,12-17H2,1-3H3,(H,35,37,39,41). The molecule has 3 aromatic rings. The van der Waals surface area contributed by atoms with E-state index in [1.807, 2.05) is 11.0 Å². The number of anilines is 1. The summed E-state index contributed by atoms with van der Waals surface area (Å²) in [5, 5.41) is 3.57. The summed E-state index contributed by atoms with van der Waals surface area (Å²) in [4.78, 5) is 41.7. The van der Waals surface area contributed by atoms with Gasteiger partial charge in [0, 0.05) is 44.5 Å². The lowest BCUT2D eigenvalue weighted by Crippen LogP contribution is -2.36. The van der Waals surface area contributed by atoms with E-state index in [-0.39, 0.29) is 5.91 Å². The van der Waals surface area contributed by atoms with Crippen LogP contribution in [0, 0.1) is 17.8 Å². The van der Waals surface area contributed by atoms with Crippen LogP contribution in [0.2, 0.25) is 0 Å². The molecule has 0 aromatic carbocycles. The fourth-order valence-electron chi connectivity index (χ4n) is 8.21. The number of piperidine rings is 1. The summed E-state index contributed by atoms with van der Waals surface area (Å²) in [6.07, 6.45) is 13.3. The van der Waals surface area contributed by atoms with Crippen molar-refractivity contribution < 1.29 is 14.3 Å². The summed E-state index contributed by atoms with van der Waals surface area (Å²) in [7, 11) is 3.33. The molecule has 4 atom stereocenters. The zero-order valence-corrected chi connectivity index (χ0v) is 26.6. The molecule has 238 valence electrons. The van der Waals surface area contributed by atoms with Crippen LogP contribution >= 0.6 is 0 Å². The Kier molecular flexibility index (Phi) is 8.51. The van der Waals surface area contributed by atoms with Crippen LogP contribution in [-0.4, -0.2) is 74.6 Å². The van der Waals surface area contributed by atoms with E-state index in [0.29, 0.717) is 59.0 Å². The number of amides is 1. The number of carbonyl (C=O) groups is 1. The topological polar surface area (TPSA) is 128 Å². The van der Waals surface area contributed by atoms with Crippen LogP contribution in [0.15, 0.2) is 24.8 Å². The van der Waals surface area contributed by atoms with E-state index in [4.69, 9.17) is 19.4 Å². The normalized spacial score (nSPS) is 25.1. The van der Waals surface area contributed by atoms with Crippen LogP contribution < -0.4 is 14.8 Å². The first-order valence-corrected chi connectivity index (χ1v) is 16.6. The molecule has 1 N–H and O–H groups in total. The van der Waals surface area contributed by atoms with Gasteiger partial charge in [-0.3, -0.25) is 4.79 Å². The Hall–Kier alpha value is -3.89. The highest BCUT2D eigenvalue weighted by molar-refractivity contribution is 5.73. The van der Waals surface area contributed by atoms with Gasteiger partial charge in [-0.1, -0.05) is 6.07 Å². The minimum atomic E-state index is 0.173. The average Bonchev–Trinajstić information content (AvgIpc) is 3.84. The molecule has 2 bridgehead atoms. The molecule has 1 saturated heterocycles. The Labute approximate surface area is 265 Å². The Balaban J connectivity index is 1.07. The Bertz CT molecular complexity index is 1520. The maximum atomic E-state index is 12.0. The summed E-state index contributed by atoms with van der Waals surface area (Å²) >= 11 is 0. The second kappa shape index (κ2) is 12.8. The summed E-state index contributed by atoms with van der Waals surface area (Å²) in [6.45, 7) is 4.14. The number of likely N-dealkylation sites (tertiary alicyclic amines) is 1. The fourth-order valence-corrected chi connectivity index (χ4v) is 8.21. The van der Waals surface area contributed by atoms with E-state index in [9.17, 15) is 4.79 Å². The number of hydrogen-bond acceptors (Lipinski definition) is 10. The molecule has 11 nitrogen and oxygen atoms in total. The molecule has 3 aliphatic carbocycles. The maximum Gasteiger partial charge on any atom is 0.227 e. The van der Waals surface area contributed by atoms with Gasteiger partial charge in [0.1, 0.15) is 18.2 Å². The summed E-state index contributed by atoms with van der Waals surface area (Å²) < 4.78 is 11.2. The van der Waals surface area contributed by atoms with Gasteiger partial charge in [0.25, 0.3) is 0 Å². The Morgan fingerprint density at radius 1 is 0.844 bits per heavy atom. The van der Waals surface area contributed by atoms with Crippen molar-refractivity contribution in [3.8, 4) is 23.1 Å². The number of carbonyl (C=O) groups excluding carboxylic acids is 1. The second-order valence-electron chi connectivity index (χ2n) is 13.3. The lowest BCUT2D eigenvalue weighted by atomic mass is 9.78. The van der Waals surface area contributed by atoms with E-state index in [2.05, 4.69) is 31.3 Å². The van der Waals surface area contributed by atoms with E-state index in [1.165, 1.54) is 30.5 Å². The van der Waals surface area contributed by atoms with Gasteiger partial charge >= 0.3 is 0 Å². The fraction of sp³-hybridized carbons (Fsp3) is 0.618. The van der Waals surface area contributed by atoms with E-state index >= 15 is 0 Å². The summed E-state index contributed by atoms with van der Waals surface area (Å²) in [5.41, 5.74) is 4.34. The highest BCUT2D eigenvalue weighted by Crippen LogP contribution is 2.51. The van der Waals surface area contributed by atoms with Gasteiger partial charge in [-0.15, -0.1) is 0 Å². The molecule has 3 saturated carbocycles. The number of aromatic nitrogens is 6. The van der Waals surface area contributed by atoms with Crippen molar-refractivity contribution in [3.05, 3.63) is 41.7 Å². The summed E-state index contributed by atoms with van der Waals surface area (Å²) in [5.74, 6) is 5.61. The molecule has 3 aromatic heterocycles. The van der Waals surface area contributed by atoms with Gasteiger partial charge in [0.05, 0.1) is 25.6 Å². The van der Waals surface area contributed by atoms with Gasteiger partial charge in [-0.2, -0.15) is 4.98 Å². The summed E-state index contributed by atoms with van der Waals surface area (Å²) in [6, 6.07) is 4.27. The zero-order valence-electron chi connectivity index (χ0n) is 26.6. The minimum absolute atomic E-state index is 0.173.